The fourth-order valence-electron chi connectivity index (χ4n) is 3.05. The highest BCUT2D eigenvalue weighted by Gasteiger charge is 2.30. The number of rotatable bonds is 4. The van der Waals surface area contributed by atoms with E-state index in [4.69, 9.17) is 4.98 Å². The molecule has 2 aromatic rings. The third kappa shape index (κ3) is 3.75. The molecule has 2 unspecified atom stereocenters. The van der Waals surface area contributed by atoms with Crippen LogP contribution in [0.1, 0.15) is 57.5 Å². The van der Waals surface area contributed by atoms with E-state index in [0.717, 1.165) is 35.9 Å². The maximum Gasteiger partial charge on any atom is 0.205 e. The third-order valence-electron chi connectivity index (χ3n) is 4.46. The Morgan fingerprint density at radius 2 is 2.04 bits per heavy atom. The molecule has 0 bridgehead atoms. The lowest BCUT2D eigenvalue weighted by atomic mass is 9.96. The van der Waals surface area contributed by atoms with Crippen molar-refractivity contribution in [3.8, 4) is 0 Å². The predicted octanol–water partition coefficient (Wildman–Crippen LogP) is 4.07. The Balaban J connectivity index is 1.71. The van der Waals surface area contributed by atoms with Crippen molar-refractivity contribution in [2.75, 3.05) is 11.4 Å². The van der Waals surface area contributed by atoms with Gasteiger partial charge < -0.3 is 10.0 Å². The van der Waals surface area contributed by atoms with E-state index in [1.54, 1.807) is 12.1 Å². The minimum absolute atomic E-state index is 0.0579. The highest BCUT2D eigenvalue weighted by atomic mass is 32.1. The molecule has 0 aliphatic carbocycles. The molecule has 1 aromatic carbocycles. The van der Waals surface area contributed by atoms with Crippen LogP contribution < -0.4 is 4.90 Å². The monoisotopic (exact) mass is 349 g/mol. The number of halogens is 1. The summed E-state index contributed by atoms with van der Waals surface area (Å²) in [6.07, 6.45) is 2.15. The van der Waals surface area contributed by atoms with Gasteiger partial charge in [0.25, 0.3) is 0 Å². The van der Waals surface area contributed by atoms with Gasteiger partial charge in [0.15, 0.2) is 0 Å². The number of benzene rings is 1. The SMILES string of the molecule is CC(C)(C)c1nsc(N2CCCC2CC(O)c2ccc(F)cc2)n1. The van der Waals surface area contributed by atoms with Gasteiger partial charge in [-0.05, 0) is 37.0 Å². The number of anilines is 1. The van der Waals surface area contributed by atoms with Crippen LogP contribution in [0.15, 0.2) is 24.3 Å². The lowest BCUT2D eigenvalue weighted by Crippen LogP contribution is -2.30. The number of nitrogens with zero attached hydrogens (tertiary/aromatic N) is 3. The Morgan fingerprint density at radius 1 is 1.33 bits per heavy atom. The Morgan fingerprint density at radius 3 is 2.67 bits per heavy atom. The van der Waals surface area contributed by atoms with Crippen molar-refractivity contribution in [2.45, 2.75) is 57.6 Å². The lowest BCUT2D eigenvalue weighted by Gasteiger charge is -2.26. The molecule has 1 N–H and O–H groups in total. The molecular weight excluding hydrogens is 325 g/mol. The number of hydrogen-bond donors (Lipinski definition) is 1. The summed E-state index contributed by atoms with van der Waals surface area (Å²) >= 11 is 1.44. The molecule has 0 radical (unpaired) electrons. The molecule has 1 aliphatic rings. The molecule has 4 nitrogen and oxygen atoms in total. The second kappa shape index (κ2) is 6.76. The van der Waals surface area contributed by atoms with Gasteiger partial charge in [0.1, 0.15) is 11.6 Å². The fraction of sp³-hybridized carbons (Fsp3) is 0.556. The smallest absolute Gasteiger partial charge is 0.205 e. The second-order valence-corrected chi connectivity index (χ2v) is 8.17. The van der Waals surface area contributed by atoms with E-state index in [1.807, 2.05) is 0 Å². The van der Waals surface area contributed by atoms with Crippen LogP contribution in [0, 0.1) is 5.82 Å². The molecule has 24 heavy (non-hydrogen) atoms. The summed E-state index contributed by atoms with van der Waals surface area (Å²) in [5, 5.41) is 11.4. The first kappa shape index (κ1) is 17.3. The average molecular weight is 349 g/mol. The van der Waals surface area contributed by atoms with Crippen molar-refractivity contribution in [3.63, 3.8) is 0 Å². The van der Waals surface area contributed by atoms with Gasteiger partial charge in [-0.2, -0.15) is 4.37 Å². The third-order valence-corrected chi connectivity index (χ3v) is 5.21. The Bertz CT molecular complexity index is 680. The van der Waals surface area contributed by atoms with E-state index in [2.05, 4.69) is 30.0 Å². The van der Waals surface area contributed by atoms with Crippen LogP contribution in [-0.2, 0) is 5.41 Å². The van der Waals surface area contributed by atoms with Gasteiger partial charge in [0, 0.05) is 29.5 Å². The summed E-state index contributed by atoms with van der Waals surface area (Å²) in [4.78, 5) is 6.97. The van der Waals surface area contributed by atoms with Gasteiger partial charge in [-0.25, -0.2) is 9.37 Å². The number of hydrogen-bond acceptors (Lipinski definition) is 5. The molecule has 1 aliphatic heterocycles. The summed E-state index contributed by atoms with van der Waals surface area (Å²) in [5.74, 6) is 0.587. The minimum Gasteiger partial charge on any atom is -0.388 e. The van der Waals surface area contributed by atoms with E-state index in [1.165, 1.54) is 23.7 Å². The summed E-state index contributed by atoms with van der Waals surface area (Å²) in [6.45, 7) is 7.27. The number of aromatic nitrogens is 2. The molecule has 1 fully saturated rings. The van der Waals surface area contributed by atoms with Gasteiger partial charge in [-0.15, -0.1) is 0 Å². The minimum atomic E-state index is -0.591. The maximum absolute atomic E-state index is 13.0. The van der Waals surface area contributed by atoms with Crippen LogP contribution in [0.25, 0.3) is 0 Å². The van der Waals surface area contributed by atoms with Crippen molar-refractivity contribution in [2.24, 2.45) is 0 Å². The molecule has 2 atom stereocenters. The van der Waals surface area contributed by atoms with Crippen molar-refractivity contribution < 1.29 is 9.50 Å². The molecule has 3 rings (SSSR count). The van der Waals surface area contributed by atoms with Gasteiger partial charge >= 0.3 is 0 Å². The summed E-state index contributed by atoms with van der Waals surface area (Å²) in [6, 6.07) is 6.34. The van der Waals surface area contributed by atoms with Crippen molar-refractivity contribution in [1.29, 1.82) is 0 Å². The van der Waals surface area contributed by atoms with Crippen LogP contribution >= 0.6 is 11.5 Å². The number of aliphatic hydroxyl groups is 1. The van der Waals surface area contributed by atoms with Crippen molar-refractivity contribution in [3.05, 3.63) is 41.5 Å². The summed E-state index contributed by atoms with van der Waals surface area (Å²) in [7, 11) is 0. The Labute approximate surface area is 146 Å². The van der Waals surface area contributed by atoms with E-state index in [-0.39, 0.29) is 17.3 Å². The molecule has 6 heteroatoms. The van der Waals surface area contributed by atoms with Crippen LogP contribution in [0.5, 0.6) is 0 Å². The normalized spacial score (nSPS) is 19.7. The van der Waals surface area contributed by atoms with Crippen LogP contribution in [0.3, 0.4) is 0 Å². The zero-order valence-corrected chi connectivity index (χ0v) is 15.2. The van der Waals surface area contributed by atoms with Crippen LogP contribution in [-0.4, -0.2) is 27.1 Å². The Hall–Kier alpha value is -1.53. The first-order valence-corrected chi connectivity index (χ1v) is 9.16. The molecule has 1 saturated heterocycles. The van der Waals surface area contributed by atoms with Crippen molar-refractivity contribution >= 4 is 16.7 Å². The highest BCUT2D eigenvalue weighted by molar-refractivity contribution is 7.09. The van der Waals surface area contributed by atoms with Gasteiger partial charge in [-0.1, -0.05) is 32.9 Å². The largest absolute Gasteiger partial charge is 0.388 e. The first-order valence-electron chi connectivity index (χ1n) is 8.39. The van der Waals surface area contributed by atoms with Gasteiger partial charge in [0.2, 0.25) is 5.13 Å². The molecule has 1 aromatic heterocycles. The van der Waals surface area contributed by atoms with E-state index >= 15 is 0 Å². The van der Waals surface area contributed by atoms with Gasteiger partial charge in [0.05, 0.1) is 6.10 Å². The molecule has 0 amide bonds. The molecule has 0 saturated carbocycles. The van der Waals surface area contributed by atoms with E-state index in [9.17, 15) is 9.50 Å². The second-order valence-electron chi connectivity index (χ2n) is 7.44. The maximum atomic E-state index is 13.0. The Kier molecular flexibility index (Phi) is 4.88. The van der Waals surface area contributed by atoms with Crippen LogP contribution in [0.2, 0.25) is 0 Å². The highest BCUT2D eigenvalue weighted by Crippen LogP contribution is 2.34. The van der Waals surface area contributed by atoms with Crippen LogP contribution in [0.4, 0.5) is 9.52 Å². The van der Waals surface area contributed by atoms with Crippen molar-refractivity contribution in [1.82, 2.24) is 9.36 Å². The zero-order chi connectivity index (χ0) is 17.3. The van der Waals surface area contributed by atoms with E-state index < -0.39 is 6.10 Å². The number of aliphatic hydroxyl groups excluding tert-OH is 1. The summed E-state index contributed by atoms with van der Waals surface area (Å²) in [5.41, 5.74) is 0.702. The fourth-order valence-corrected chi connectivity index (χ4v) is 4.00. The quantitative estimate of drug-likeness (QED) is 0.904. The molecule has 2 heterocycles. The van der Waals surface area contributed by atoms with E-state index in [0.29, 0.717) is 6.42 Å². The first-order chi connectivity index (χ1) is 11.3. The average Bonchev–Trinajstić information content (AvgIpc) is 3.15. The molecular formula is C18H24FN3OS. The molecule has 0 spiro atoms. The lowest BCUT2D eigenvalue weighted by molar-refractivity contribution is 0.158. The topological polar surface area (TPSA) is 49.2 Å². The van der Waals surface area contributed by atoms with Gasteiger partial charge in [-0.3, -0.25) is 0 Å². The predicted molar refractivity (Wildman–Crippen MR) is 95.0 cm³/mol. The molecule has 130 valence electrons. The summed E-state index contributed by atoms with van der Waals surface area (Å²) < 4.78 is 17.5. The zero-order valence-electron chi connectivity index (χ0n) is 14.4. The standard InChI is InChI=1S/C18H24FN3OS/c1-18(2,3)16-20-17(24-21-16)22-10-4-5-14(22)11-15(23)12-6-8-13(19)9-7-12/h6-9,14-15,23H,4-5,10-11H2,1-3H3.